The molecule has 0 amide bonds. The second kappa shape index (κ2) is 6.65. The Hall–Kier alpha value is -2.02. The predicted molar refractivity (Wildman–Crippen MR) is 70.9 cm³/mol. The van der Waals surface area contributed by atoms with E-state index in [1.165, 1.54) is 0 Å². The molecule has 0 fully saturated rings. The van der Waals surface area contributed by atoms with Crippen LogP contribution < -0.4 is 9.64 Å². The Balaban J connectivity index is 2.75. The van der Waals surface area contributed by atoms with Crippen molar-refractivity contribution in [3.8, 4) is 11.8 Å². The molecule has 0 aliphatic heterocycles. The summed E-state index contributed by atoms with van der Waals surface area (Å²) in [6, 6.07) is 7.66. The summed E-state index contributed by atoms with van der Waals surface area (Å²) >= 11 is 0. The largest absolute Gasteiger partial charge is 0.494 e. The zero-order valence-electron chi connectivity index (χ0n) is 11.1. The van der Waals surface area contributed by atoms with Crippen molar-refractivity contribution in [3.63, 3.8) is 0 Å². The Labute approximate surface area is 108 Å². The highest BCUT2D eigenvalue weighted by atomic mass is 16.5. The van der Waals surface area contributed by atoms with Crippen LogP contribution in [0.15, 0.2) is 18.2 Å². The van der Waals surface area contributed by atoms with Crippen LogP contribution in [0.1, 0.15) is 18.9 Å². The van der Waals surface area contributed by atoms with E-state index in [0.29, 0.717) is 6.61 Å². The van der Waals surface area contributed by atoms with E-state index in [1.807, 2.05) is 50.1 Å². The molecule has 4 nitrogen and oxygen atoms in total. The molecule has 4 heteroatoms. The fourth-order valence-corrected chi connectivity index (χ4v) is 1.69. The van der Waals surface area contributed by atoms with Gasteiger partial charge in [0.1, 0.15) is 5.75 Å². The van der Waals surface area contributed by atoms with Crippen LogP contribution in [0.2, 0.25) is 0 Å². The normalized spacial score (nSPS) is 9.67. The summed E-state index contributed by atoms with van der Waals surface area (Å²) in [5.41, 5.74) is 1.98. The molecule has 0 saturated heterocycles. The summed E-state index contributed by atoms with van der Waals surface area (Å²) in [5, 5.41) is 8.45. The second-order valence-electron chi connectivity index (χ2n) is 4.11. The summed E-state index contributed by atoms with van der Waals surface area (Å²) in [6.45, 7) is 4.80. The molecule has 18 heavy (non-hydrogen) atoms. The lowest BCUT2D eigenvalue weighted by Crippen LogP contribution is -2.25. The topological polar surface area (TPSA) is 53.3 Å². The van der Waals surface area contributed by atoms with Crippen molar-refractivity contribution in [1.82, 2.24) is 0 Å². The van der Waals surface area contributed by atoms with Crippen molar-refractivity contribution in [2.75, 3.05) is 25.1 Å². The molecule has 0 aromatic heterocycles. The maximum Gasteiger partial charge on any atom is 0.166 e. The minimum atomic E-state index is -0.0773. The van der Waals surface area contributed by atoms with Gasteiger partial charge in [-0.1, -0.05) is 0 Å². The van der Waals surface area contributed by atoms with Gasteiger partial charge in [0.05, 0.1) is 25.6 Å². The standard InChI is InChI=1S/C14H18N2O2/c1-4-18-14-6-5-12(9-11(14)2)16(3)10-13(17)7-8-15/h5-6,9H,4,7,10H2,1-3H3. The molecule has 1 rings (SSSR count). The summed E-state index contributed by atoms with van der Waals surface area (Å²) in [6.07, 6.45) is -0.0413. The number of carbonyl (C=O) groups excluding carboxylic acids is 1. The first-order valence-corrected chi connectivity index (χ1v) is 5.91. The third kappa shape index (κ3) is 3.77. The first-order valence-electron chi connectivity index (χ1n) is 5.91. The van der Waals surface area contributed by atoms with Crippen molar-refractivity contribution in [3.05, 3.63) is 23.8 Å². The molecule has 0 unspecified atom stereocenters. The van der Waals surface area contributed by atoms with Crippen LogP contribution in [0.5, 0.6) is 5.75 Å². The van der Waals surface area contributed by atoms with Crippen LogP contribution in [0.4, 0.5) is 5.69 Å². The van der Waals surface area contributed by atoms with Crippen LogP contribution in [-0.4, -0.2) is 26.0 Å². The molecule has 0 spiro atoms. The van der Waals surface area contributed by atoms with E-state index in [0.717, 1.165) is 17.0 Å². The average molecular weight is 246 g/mol. The van der Waals surface area contributed by atoms with Gasteiger partial charge in [-0.15, -0.1) is 0 Å². The number of benzene rings is 1. The maximum atomic E-state index is 11.4. The minimum absolute atomic E-state index is 0.0413. The highest BCUT2D eigenvalue weighted by molar-refractivity contribution is 5.85. The van der Waals surface area contributed by atoms with Crippen LogP contribution in [0.25, 0.3) is 0 Å². The summed E-state index contributed by atoms with van der Waals surface area (Å²) < 4.78 is 5.46. The molecule has 0 aliphatic rings. The number of Topliss-reactive ketones (excluding diaryl/α,β-unsaturated/α-hetero) is 1. The SMILES string of the molecule is CCOc1ccc(N(C)CC(=O)CC#N)cc1C. The van der Waals surface area contributed by atoms with E-state index in [9.17, 15) is 4.79 Å². The Morgan fingerprint density at radius 3 is 2.78 bits per heavy atom. The molecular formula is C14H18N2O2. The number of ether oxygens (including phenoxy) is 1. The van der Waals surface area contributed by atoms with Gasteiger partial charge in [-0.25, -0.2) is 0 Å². The Morgan fingerprint density at radius 1 is 1.50 bits per heavy atom. The van der Waals surface area contributed by atoms with E-state index in [-0.39, 0.29) is 18.7 Å². The van der Waals surface area contributed by atoms with Crippen LogP contribution in [0, 0.1) is 18.3 Å². The number of aryl methyl sites for hydroxylation is 1. The van der Waals surface area contributed by atoms with Gasteiger partial charge in [0.2, 0.25) is 0 Å². The van der Waals surface area contributed by atoms with E-state index in [1.54, 1.807) is 0 Å². The number of anilines is 1. The molecular weight excluding hydrogens is 228 g/mol. The molecule has 0 bridgehead atoms. The van der Waals surface area contributed by atoms with Crippen molar-refractivity contribution < 1.29 is 9.53 Å². The molecule has 0 aliphatic carbocycles. The average Bonchev–Trinajstić information content (AvgIpc) is 2.32. The number of carbonyl (C=O) groups is 1. The van der Waals surface area contributed by atoms with E-state index in [2.05, 4.69) is 0 Å². The monoisotopic (exact) mass is 246 g/mol. The van der Waals surface area contributed by atoms with Gasteiger partial charge in [-0.2, -0.15) is 5.26 Å². The van der Waals surface area contributed by atoms with Gasteiger partial charge in [0.15, 0.2) is 5.78 Å². The van der Waals surface area contributed by atoms with E-state index >= 15 is 0 Å². The van der Waals surface area contributed by atoms with Gasteiger partial charge >= 0.3 is 0 Å². The first-order chi connectivity index (χ1) is 8.58. The quantitative estimate of drug-likeness (QED) is 0.773. The number of hydrogen-bond donors (Lipinski definition) is 0. The molecule has 0 heterocycles. The number of nitrogens with zero attached hydrogens (tertiary/aromatic N) is 2. The molecule has 0 atom stereocenters. The number of likely N-dealkylation sites (N-methyl/N-ethyl adjacent to an activating group) is 1. The Morgan fingerprint density at radius 2 is 2.22 bits per heavy atom. The molecule has 96 valence electrons. The lowest BCUT2D eigenvalue weighted by Gasteiger charge is -2.19. The molecule has 1 aromatic rings. The van der Waals surface area contributed by atoms with Crippen LogP contribution in [0.3, 0.4) is 0 Å². The summed E-state index contributed by atoms with van der Waals surface area (Å²) in [7, 11) is 1.84. The number of rotatable bonds is 6. The number of hydrogen-bond acceptors (Lipinski definition) is 4. The molecule has 0 saturated carbocycles. The van der Waals surface area contributed by atoms with Gasteiger partial charge in [0.25, 0.3) is 0 Å². The maximum absolute atomic E-state index is 11.4. The predicted octanol–water partition coefficient (Wildman–Crippen LogP) is 2.31. The van der Waals surface area contributed by atoms with Gasteiger partial charge < -0.3 is 9.64 Å². The molecule has 1 aromatic carbocycles. The highest BCUT2D eigenvalue weighted by Gasteiger charge is 2.08. The van der Waals surface area contributed by atoms with Crippen LogP contribution in [-0.2, 0) is 4.79 Å². The fourth-order valence-electron chi connectivity index (χ4n) is 1.69. The lowest BCUT2D eigenvalue weighted by molar-refractivity contribution is -0.116. The smallest absolute Gasteiger partial charge is 0.166 e. The second-order valence-corrected chi connectivity index (χ2v) is 4.11. The van der Waals surface area contributed by atoms with Gasteiger partial charge in [-0.05, 0) is 37.6 Å². The first kappa shape index (κ1) is 14.0. The highest BCUT2D eigenvalue weighted by Crippen LogP contribution is 2.23. The third-order valence-electron chi connectivity index (χ3n) is 2.59. The van der Waals surface area contributed by atoms with E-state index in [4.69, 9.17) is 10.00 Å². The van der Waals surface area contributed by atoms with Crippen molar-refractivity contribution in [2.24, 2.45) is 0 Å². The zero-order chi connectivity index (χ0) is 13.5. The van der Waals surface area contributed by atoms with Gasteiger partial charge in [0, 0.05) is 12.7 Å². The molecule has 0 N–H and O–H groups in total. The lowest BCUT2D eigenvalue weighted by atomic mass is 10.2. The van der Waals surface area contributed by atoms with Crippen molar-refractivity contribution in [1.29, 1.82) is 5.26 Å². The van der Waals surface area contributed by atoms with Crippen molar-refractivity contribution >= 4 is 11.5 Å². The summed E-state index contributed by atoms with van der Waals surface area (Å²) in [4.78, 5) is 13.2. The number of ketones is 1. The van der Waals surface area contributed by atoms with Crippen LogP contribution >= 0.6 is 0 Å². The third-order valence-corrected chi connectivity index (χ3v) is 2.59. The Kier molecular flexibility index (Phi) is 5.19. The minimum Gasteiger partial charge on any atom is -0.494 e. The van der Waals surface area contributed by atoms with Crippen molar-refractivity contribution in [2.45, 2.75) is 20.3 Å². The zero-order valence-corrected chi connectivity index (χ0v) is 11.1. The molecule has 0 radical (unpaired) electrons. The van der Waals surface area contributed by atoms with Gasteiger partial charge in [-0.3, -0.25) is 4.79 Å². The number of nitriles is 1. The fraction of sp³-hybridized carbons (Fsp3) is 0.429. The Bertz CT molecular complexity index is 463. The van der Waals surface area contributed by atoms with E-state index < -0.39 is 0 Å². The summed E-state index contributed by atoms with van der Waals surface area (Å²) in [5.74, 6) is 0.782.